The maximum atomic E-state index is 13.6. The number of nitrogens with zero attached hydrogens (tertiary/aromatic N) is 1. The number of rotatable bonds is 6. The van der Waals surface area contributed by atoms with Crippen LogP contribution >= 0.6 is 11.3 Å². The zero-order valence-electron chi connectivity index (χ0n) is 20.1. The number of methoxy groups -OCH3 is 4. The molecule has 0 bridgehead atoms. The molecule has 3 aromatic rings. The van der Waals surface area contributed by atoms with Gasteiger partial charge in [-0.1, -0.05) is 36.4 Å². The maximum absolute atomic E-state index is 13.6. The first-order valence-electron chi connectivity index (χ1n) is 10.8. The van der Waals surface area contributed by atoms with E-state index in [1.165, 1.54) is 28.4 Å². The summed E-state index contributed by atoms with van der Waals surface area (Å²) in [7, 11) is 5.44. The number of nitrogens with two attached hydrogens (primary N) is 1. The normalized spacial score (nSPS) is 15.4. The van der Waals surface area contributed by atoms with Crippen LogP contribution in [0.1, 0.15) is 17.0 Å². The third-order valence-corrected chi connectivity index (χ3v) is 6.94. The van der Waals surface area contributed by atoms with Crippen LogP contribution in [0.3, 0.4) is 0 Å². The summed E-state index contributed by atoms with van der Waals surface area (Å²) in [5.41, 5.74) is 7.11. The number of ether oxygens (including phenoxy) is 4. The molecule has 36 heavy (non-hydrogen) atoms. The standard InChI is InChI=1S/C26H24N2O7S/c1-32-16-11-7-5-9-14(16)13-18-23(29)28-22(27)20(25(30)34-3)19(15-10-6-8-12-17(15)33-2)21(24(28)36-18)26(31)35-4/h5-13,19H,27H2,1-4H3. The first kappa shape index (κ1) is 24.8. The average Bonchev–Trinajstić information content (AvgIpc) is 3.23. The van der Waals surface area contributed by atoms with E-state index < -0.39 is 23.4 Å². The van der Waals surface area contributed by atoms with Crippen LogP contribution in [0.2, 0.25) is 0 Å². The second-order valence-corrected chi connectivity index (χ2v) is 8.70. The summed E-state index contributed by atoms with van der Waals surface area (Å²) in [6.45, 7) is 0. The lowest BCUT2D eigenvalue weighted by Gasteiger charge is -2.27. The summed E-state index contributed by atoms with van der Waals surface area (Å²) in [5.74, 6) is -1.66. The predicted molar refractivity (Wildman–Crippen MR) is 135 cm³/mol. The van der Waals surface area contributed by atoms with E-state index in [1.54, 1.807) is 42.5 Å². The number of aromatic nitrogens is 1. The lowest BCUT2D eigenvalue weighted by Crippen LogP contribution is -2.41. The van der Waals surface area contributed by atoms with Crippen LogP contribution in [0.5, 0.6) is 11.5 Å². The van der Waals surface area contributed by atoms with E-state index in [-0.39, 0.29) is 26.2 Å². The molecule has 2 heterocycles. The quantitative estimate of drug-likeness (QED) is 0.493. The molecule has 0 saturated heterocycles. The Morgan fingerprint density at radius 3 is 2.11 bits per heavy atom. The molecule has 1 aliphatic heterocycles. The fourth-order valence-corrected chi connectivity index (χ4v) is 5.36. The lowest BCUT2D eigenvalue weighted by molar-refractivity contribution is -0.136. The van der Waals surface area contributed by atoms with E-state index in [1.807, 2.05) is 12.1 Å². The summed E-state index contributed by atoms with van der Waals surface area (Å²) >= 11 is 1.06. The number of fused-ring (bicyclic) bond motifs is 1. The van der Waals surface area contributed by atoms with Crippen LogP contribution in [0.25, 0.3) is 17.5 Å². The van der Waals surface area contributed by atoms with Crippen molar-refractivity contribution in [3.05, 3.63) is 84.8 Å². The summed E-state index contributed by atoms with van der Waals surface area (Å²) in [6.07, 6.45) is 1.65. The minimum atomic E-state index is -1.00. The highest BCUT2D eigenvalue weighted by atomic mass is 32.1. The van der Waals surface area contributed by atoms with Gasteiger partial charge in [-0.3, -0.25) is 9.36 Å². The molecule has 0 saturated carbocycles. The van der Waals surface area contributed by atoms with Gasteiger partial charge < -0.3 is 24.7 Å². The molecule has 4 rings (SSSR count). The van der Waals surface area contributed by atoms with Gasteiger partial charge in [-0.15, -0.1) is 11.3 Å². The molecule has 0 fully saturated rings. The Kier molecular flexibility index (Phi) is 6.98. The van der Waals surface area contributed by atoms with Crippen LogP contribution in [-0.2, 0) is 19.1 Å². The van der Waals surface area contributed by atoms with Crippen LogP contribution in [0, 0.1) is 0 Å². The summed E-state index contributed by atoms with van der Waals surface area (Å²) in [4.78, 5) is 39.8. The van der Waals surface area contributed by atoms with Gasteiger partial charge in [-0.2, -0.15) is 0 Å². The Labute approximate surface area is 210 Å². The molecule has 186 valence electrons. The van der Waals surface area contributed by atoms with Gasteiger partial charge in [0.1, 0.15) is 22.0 Å². The highest BCUT2D eigenvalue weighted by Gasteiger charge is 2.40. The molecule has 0 radical (unpaired) electrons. The molecular weight excluding hydrogens is 484 g/mol. The smallest absolute Gasteiger partial charge is 0.338 e. The van der Waals surface area contributed by atoms with Crippen LogP contribution in [0.4, 0.5) is 0 Å². The molecule has 9 nitrogen and oxygen atoms in total. The minimum Gasteiger partial charge on any atom is -0.496 e. The number of carbonyl (C=O) groups is 2. The molecule has 1 atom stereocenters. The van der Waals surface area contributed by atoms with Crippen molar-refractivity contribution in [1.29, 1.82) is 0 Å². The second kappa shape index (κ2) is 10.1. The highest BCUT2D eigenvalue weighted by molar-refractivity contribution is 7.07. The lowest BCUT2D eigenvalue weighted by atomic mass is 9.82. The molecule has 0 amide bonds. The fraction of sp³-hybridized carbons (Fsp3) is 0.192. The van der Waals surface area contributed by atoms with Gasteiger partial charge in [0, 0.05) is 11.1 Å². The van der Waals surface area contributed by atoms with E-state index in [0.717, 1.165) is 15.9 Å². The Balaban J connectivity index is 2.16. The molecule has 0 spiro atoms. The second-order valence-electron chi connectivity index (χ2n) is 7.67. The average molecular weight is 509 g/mol. The van der Waals surface area contributed by atoms with E-state index in [9.17, 15) is 14.4 Å². The predicted octanol–water partition coefficient (Wildman–Crippen LogP) is 1.18. The van der Waals surface area contributed by atoms with Gasteiger partial charge in [0.15, 0.2) is 0 Å². The molecule has 1 unspecified atom stereocenters. The van der Waals surface area contributed by atoms with E-state index >= 15 is 0 Å². The molecule has 0 aliphatic carbocycles. The summed E-state index contributed by atoms with van der Waals surface area (Å²) in [5, 5.41) is 0. The molecule has 1 aromatic heterocycles. The Morgan fingerprint density at radius 1 is 0.889 bits per heavy atom. The van der Waals surface area contributed by atoms with Crippen molar-refractivity contribution < 1.29 is 28.5 Å². The number of benzene rings is 2. The van der Waals surface area contributed by atoms with E-state index in [0.29, 0.717) is 22.6 Å². The zero-order valence-corrected chi connectivity index (χ0v) is 20.9. The van der Waals surface area contributed by atoms with Gasteiger partial charge in [0.05, 0.1) is 50.0 Å². The van der Waals surface area contributed by atoms with Crippen molar-refractivity contribution in [2.75, 3.05) is 28.4 Å². The summed E-state index contributed by atoms with van der Waals surface area (Å²) in [6, 6.07) is 14.1. The number of esters is 2. The number of thiazole rings is 1. The van der Waals surface area contributed by atoms with Gasteiger partial charge in [-0.05, 0) is 18.2 Å². The van der Waals surface area contributed by atoms with Crippen molar-refractivity contribution in [3.63, 3.8) is 0 Å². The van der Waals surface area contributed by atoms with Crippen LogP contribution in [0.15, 0.2) is 58.9 Å². The number of carbonyl (C=O) groups excluding carboxylic acids is 2. The topological polar surface area (TPSA) is 119 Å². The number of para-hydroxylation sites is 2. The third-order valence-electron chi connectivity index (χ3n) is 5.83. The van der Waals surface area contributed by atoms with Gasteiger partial charge in [0.2, 0.25) is 0 Å². The molecular formula is C26H24N2O7S. The van der Waals surface area contributed by atoms with Crippen molar-refractivity contribution in [1.82, 2.24) is 4.57 Å². The first-order valence-corrected chi connectivity index (χ1v) is 11.6. The molecule has 2 aromatic carbocycles. The first-order chi connectivity index (χ1) is 17.4. The Morgan fingerprint density at radius 2 is 1.47 bits per heavy atom. The zero-order chi connectivity index (χ0) is 26.0. The van der Waals surface area contributed by atoms with Crippen molar-refractivity contribution in [3.8, 4) is 11.5 Å². The van der Waals surface area contributed by atoms with Crippen molar-refractivity contribution in [2.45, 2.75) is 5.92 Å². The van der Waals surface area contributed by atoms with Gasteiger partial charge >= 0.3 is 11.9 Å². The van der Waals surface area contributed by atoms with Crippen molar-refractivity contribution >= 4 is 40.7 Å². The number of hydrogen-bond acceptors (Lipinski definition) is 9. The minimum absolute atomic E-state index is 0.0679. The molecule has 10 heteroatoms. The SMILES string of the molecule is COC(=O)C1=C(N)n2c(sc(=Cc3ccccc3OC)c2=O)=C(C(=O)OC)C1c1ccccc1OC. The van der Waals surface area contributed by atoms with Crippen molar-refractivity contribution in [2.24, 2.45) is 5.73 Å². The van der Waals surface area contributed by atoms with E-state index in [2.05, 4.69) is 0 Å². The number of hydrogen-bond donors (Lipinski definition) is 1. The molecule has 1 aliphatic rings. The van der Waals surface area contributed by atoms with Crippen LogP contribution in [-0.4, -0.2) is 44.9 Å². The Hall–Kier alpha value is -4.31. The Bertz CT molecular complexity index is 1570. The summed E-state index contributed by atoms with van der Waals surface area (Å²) < 4.78 is 22.7. The van der Waals surface area contributed by atoms with Gasteiger partial charge in [-0.25, -0.2) is 9.59 Å². The van der Waals surface area contributed by atoms with E-state index in [4.69, 9.17) is 24.7 Å². The van der Waals surface area contributed by atoms with Crippen LogP contribution < -0.4 is 30.0 Å². The maximum Gasteiger partial charge on any atom is 0.338 e. The fourth-order valence-electron chi connectivity index (χ4n) is 4.21. The third kappa shape index (κ3) is 4.05. The monoisotopic (exact) mass is 508 g/mol. The largest absolute Gasteiger partial charge is 0.496 e. The van der Waals surface area contributed by atoms with Gasteiger partial charge in [0.25, 0.3) is 5.56 Å². The highest BCUT2D eigenvalue weighted by Crippen LogP contribution is 2.41. The molecule has 2 N–H and O–H groups in total.